The summed E-state index contributed by atoms with van der Waals surface area (Å²) in [7, 11) is 2.17. The van der Waals surface area contributed by atoms with E-state index in [2.05, 4.69) is 34.8 Å². The average molecular weight is 244 g/mol. The molecule has 0 radical (unpaired) electrons. The van der Waals surface area contributed by atoms with Crippen LogP contribution >= 0.6 is 0 Å². The van der Waals surface area contributed by atoms with E-state index >= 15 is 0 Å². The fraction of sp³-hybridized carbons (Fsp3) is 0.571. The molecule has 2 atom stereocenters. The predicted octanol–water partition coefficient (Wildman–Crippen LogP) is 1.67. The van der Waals surface area contributed by atoms with Gasteiger partial charge >= 0.3 is 0 Å². The van der Waals surface area contributed by atoms with Crippen LogP contribution in [0.2, 0.25) is 0 Å². The number of rotatable bonds is 3. The quantitative estimate of drug-likeness (QED) is 0.811. The van der Waals surface area contributed by atoms with Crippen LogP contribution in [0.4, 0.5) is 0 Å². The van der Waals surface area contributed by atoms with Crippen LogP contribution in [-0.4, -0.2) is 47.5 Å². The molecule has 1 fully saturated rings. The zero-order valence-electron chi connectivity index (χ0n) is 11.1. The Bertz CT molecular complexity index is 412. The lowest BCUT2D eigenvalue weighted by Crippen LogP contribution is -2.51. The predicted molar refractivity (Wildman–Crippen MR) is 70.9 cm³/mol. The highest BCUT2D eigenvalue weighted by Crippen LogP contribution is 2.23. The number of hydrogen-bond donors (Lipinski definition) is 0. The van der Waals surface area contributed by atoms with Gasteiger partial charge in [-0.1, -0.05) is 6.92 Å². The Morgan fingerprint density at radius 1 is 1.44 bits per heavy atom. The maximum Gasteiger partial charge on any atom is 0.124 e. The highest BCUT2D eigenvalue weighted by molar-refractivity contribution is 5.21. The first-order valence-corrected chi connectivity index (χ1v) is 6.50. The Balaban J connectivity index is 2.13. The molecule has 1 aliphatic rings. The van der Waals surface area contributed by atoms with Crippen molar-refractivity contribution in [2.24, 2.45) is 0 Å². The van der Waals surface area contributed by atoms with Crippen molar-refractivity contribution in [2.75, 3.05) is 26.7 Å². The summed E-state index contributed by atoms with van der Waals surface area (Å²) in [6.07, 6.45) is 4.64. The third kappa shape index (κ3) is 2.69. The second kappa shape index (κ2) is 5.94. The second-order valence-corrected chi connectivity index (χ2v) is 4.85. The van der Waals surface area contributed by atoms with Crippen molar-refractivity contribution in [1.29, 1.82) is 5.26 Å². The lowest BCUT2D eigenvalue weighted by molar-refractivity contribution is 0.0773. The standard InChI is InChI=1S/C14H20N4/c1-3-13-11-18(9-8-17(13)2)14(10-15)12-4-6-16-7-5-12/h4-7,13-14H,3,8-9,11H2,1-2H3. The van der Waals surface area contributed by atoms with Crippen LogP contribution < -0.4 is 0 Å². The van der Waals surface area contributed by atoms with Gasteiger partial charge in [0, 0.05) is 38.1 Å². The summed E-state index contributed by atoms with van der Waals surface area (Å²) < 4.78 is 0. The number of hydrogen-bond acceptors (Lipinski definition) is 4. The molecule has 0 aromatic carbocycles. The fourth-order valence-corrected chi connectivity index (χ4v) is 2.56. The van der Waals surface area contributed by atoms with E-state index in [4.69, 9.17) is 0 Å². The molecule has 0 bridgehead atoms. The topological polar surface area (TPSA) is 43.2 Å². The van der Waals surface area contributed by atoms with E-state index in [0.717, 1.165) is 31.6 Å². The van der Waals surface area contributed by atoms with Crippen LogP contribution in [0.15, 0.2) is 24.5 Å². The van der Waals surface area contributed by atoms with E-state index < -0.39 is 0 Å². The van der Waals surface area contributed by atoms with Gasteiger partial charge in [0.25, 0.3) is 0 Å². The maximum absolute atomic E-state index is 9.43. The molecule has 0 N–H and O–H groups in total. The van der Waals surface area contributed by atoms with Crippen LogP contribution in [0.25, 0.3) is 0 Å². The average Bonchev–Trinajstić information content (AvgIpc) is 2.42. The molecule has 2 rings (SSSR count). The Labute approximate surface area is 109 Å². The van der Waals surface area contributed by atoms with Crippen molar-refractivity contribution in [2.45, 2.75) is 25.4 Å². The SMILES string of the molecule is CCC1CN(C(C#N)c2ccncc2)CCN1C. The largest absolute Gasteiger partial charge is 0.301 e. The minimum absolute atomic E-state index is 0.143. The monoisotopic (exact) mass is 244 g/mol. The molecule has 18 heavy (non-hydrogen) atoms. The van der Waals surface area contributed by atoms with E-state index in [1.54, 1.807) is 12.4 Å². The number of aromatic nitrogens is 1. The normalized spacial score (nSPS) is 23.5. The molecule has 96 valence electrons. The molecule has 2 heterocycles. The Morgan fingerprint density at radius 3 is 2.78 bits per heavy atom. The van der Waals surface area contributed by atoms with Crippen LogP contribution in [-0.2, 0) is 0 Å². The van der Waals surface area contributed by atoms with Crippen LogP contribution in [0, 0.1) is 11.3 Å². The summed E-state index contributed by atoms with van der Waals surface area (Å²) in [5.41, 5.74) is 1.05. The third-order valence-corrected chi connectivity index (χ3v) is 3.79. The van der Waals surface area contributed by atoms with Crippen molar-refractivity contribution < 1.29 is 0 Å². The molecule has 1 aromatic rings. The minimum atomic E-state index is -0.143. The first-order valence-electron chi connectivity index (χ1n) is 6.50. The van der Waals surface area contributed by atoms with Gasteiger partial charge in [-0.25, -0.2) is 0 Å². The second-order valence-electron chi connectivity index (χ2n) is 4.85. The number of nitrogens with zero attached hydrogens (tertiary/aromatic N) is 4. The van der Waals surface area contributed by atoms with Gasteiger partial charge in [-0.05, 0) is 31.2 Å². The number of likely N-dealkylation sites (N-methyl/N-ethyl adjacent to an activating group) is 1. The zero-order valence-corrected chi connectivity index (χ0v) is 11.1. The minimum Gasteiger partial charge on any atom is -0.301 e. The first kappa shape index (κ1) is 13.0. The van der Waals surface area contributed by atoms with Gasteiger partial charge < -0.3 is 4.90 Å². The Kier molecular flexibility index (Phi) is 4.29. The van der Waals surface area contributed by atoms with Crippen molar-refractivity contribution in [3.8, 4) is 6.07 Å². The highest BCUT2D eigenvalue weighted by atomic mass is 15.3. The number of piperazine rings is 1. The van der Waals surface area contributed by atoms with Crippen molar-refractivity contribution >= 4 is 0 Å². The van der Waals surface area contributed by atoms with E-state index in [1.165, 1.54) is 0 Å². The van der Waals surface area contributed by atoms with Crippen LogP contribution in [0.5, 0.6) is 0 Å². The first-order chi connectivity index (χ1) is 8.76. The lowest BCUT2D eigenvalue weighted by atomic mass is 10.0. The summed E-state index contributed by atoms with van der Waals surface area (Å²) in [6, 6.07) is 6.71. The van der Waals surface area contributed by atoms with E-state index in [-0.39, 0.29) is 6.04 Å². The van der Waals surface area contributed by atoms with E-state index in [9.17, 15) is 5.26 Å². The molecule has 0 aliphatic carbocycles. The van der Waals surface area contributed by atoms with Crippen LogP contribution in [0.3, 0.4) is 0 Å². The molecule has 0 saturated carbocycles. The van der Waals surface area contributed by atoms with Crippen LogP contribution in [0.1, 0.15) is 24.9 Å². The fourth-order valence-electron chi connectivity index (χ4n) is 2.56. The van der Waals surface area contributed by atoms with Gasteiger partial charge in [-0.15, -0.1) is 0 Å². The third-order valence-electron chi connectivity index (χ3n) is 3.79. The smallest absolute Gasteiger partial charge is 0.124 e. The van der Waals surface area contributed by atoms with Crippen molar-refractivity contribution in [3.63, 3.8) is 0 Å². The van der Waals surface area contributed by atoms with Crippen molar-refractivity contribution in [1.82, 2.24) is 14.8 Å². The number of nitriles is 1. The Hall–Kier alpha value is -1.44. The van der Waals surface area contributed by atoms with Crippen molar-refractivity contribution in [3.05, 3.63) is 30.1 Å². The van der Waals surface area contributed by atoms with Gasteiger partial charge in [-0.3, -0.25) is 9.88 Å². The summed E-state index contributed by atoms with van der Waals surface area (Å²) in [4.78, 5) is 8.68. The van der Waals surface area contributed by atoms with Gasteiger partial charge in [-0.2, -0.15) is 5.26 Å². The molecule has 1 saturated heterocycles. The molecule has 4 heteroatoms. The van der Waals surface area contributed by atoms with Gasteiger partial charge in [0.15, 0.2) is 0 Å². The zero-order chi connectivity index (χ0) is 13.0. The summed E-state index contributed by atoms with van der Waals surface area (Å²) >= 11 is 0. The van der Waals surface area contributed by atoms with E-state index in [1.807, 2.05) is 12.1 Å². The molecule has 0 amide bonds. The lowest BCUT2D eigenvalue weighted by Gasteiger charge is -2.41. The summed E-state index contributed by atoms with van der Waals surface area (Å²) in [5.74, 6) is 0. The summed E-state index contributed by atoms with van der Waals surface area (Å²) in [6.45, 7) is 5.15. The molecular formula is C14H20N4. The number of pyridine rings is 1. The molecular weight excluding hydrogens is 224 g/mol. The highest BCUT2D eigenvalue weighted by Gasteiger charge is 2.28. The van der Waals surface area contributed by atoms with Gasteiger partial charge in [0.2, 0.25) is 0 Å². The van der Waals surface area contributed by atoms with E-state index in [0.29, 0.717) is 6.04 Å². The molecule has 0 spiro atoms. The van der Waals surface area contributed by atoms with Gasteiger partial charge in [0.1, 0.15) is 6.04 Å². The molecule has 1 aromatic heterocycles. The molecule has 2 unspecified atom stereocenters. The summed E-state index contributed by atoms with van der Waals surface area (Å²) in [5, 5.41) is 9.43. The molecule has 4 nitrogen and oxygen atoms in total. The van der Waals surface area contributed by atoms with Gasteiger partial charge in [0.05, 0.1) is 6.07 Å². The Morgan fingerprint density at radius 2 is 2.17 bits per heavy atom. The maximum atomic E-state index is 9.43. The molecule has 1 aliphatic heterocycles.